The molecule has 0 fully saturated rings. The molecule has 1 aliphatic rings. The number of benzene rings is 2. The molecule has 116 valence electrons. The maximum Gasteiger partial charge on any atom is 0.248 e. The summed E-state index contributed by atoms with van der Waals surface area (Å²) in [6, 6.07) is 15.7. The lowest BCUT2D eigenvalue weighted by Crippen LogP contribution is -2.08. The largest absolute Gasteiger partial charge is 0.497 e. The molecule has 0 atom stereocenters. The van der Waals surface area contributed by atoms with Crippen LogP contribution >= 0.6 is 0 Å². The van der Waals surface area contributed by atoms with E-state index in [4.69, 9.17) is 4.74 Å². The van der Waals surface area contributed by atoms with Gasteiger partial charge in [0.1, 0.15) is 5.75 Å². The van der Waals surface area contributed by atoms with Gasteiger partial charge in [-0.1, -0.05) is 36.4 Å². The second-order valence-corrected chi connectivity index (χ2v) is 5.47. The molecule has 1 aliphatic carbocycles. The van der Waals surface area contributed by atoms with Crippen LogP contribution in [-0.2, 0) is 11.2 Å². The Hall–Kier alpha value is -2.81. The van der Waals surface area contributed by atoms with Gasteiger partial charge in [-0.2, -0.15) is 0 Å². The summed E-state index contributed by atoms with van der Waals surface area (Å²) in [7, 11) is 1.62. The topological polar surface area (TPSA) is 38.3 Å². The first-order chi connectivity index (χ1) is 11.2. The van der Waals surface area contributed by atoms with Crippen LogP contribution in [0.4, 0.5) is 5.69 Å². The number of hydrogen-bond donors (Lipinski definition) is 1. The molecule has 0 aliphatic heterocycles. The summed E-state index contributed by atoms with van der Waals surface area (Å²) in [5.41, 5.74) is 4.54. The summed E-state index contributed by atoms with van der Waals surface area (Å²) in [6.07, 6.45) is 7.62. The van der Waals surface area contributed by atoms with E-state index in [0.29, 0.717) is 0 Å². The van der Waals surface area contributed by atoms with Crippen molar-refractivity contribution < 1.29 is 9.53 Å². The van der Waals surface area contributed by atoms with E-state index in [1.54, 1.807) is 13.2 Å². The van der Waals surface area contributed by atoms with Gasteiger partial charge in [0.15, 0.2) is 0 Å². The lowest BCUT2D eigenvalue weighted by Gasteiger charge is -2.13. The molecule has 0 heterocycles. The van der Waals surface area contributed by atoms with Gasteiger partial charge in [0.05, 0.1) is 7.11 Å². The number of anilines is 1. The van der Waals surface area contributed by atoms with Crippen LogP contribution in [-0.4, -0.2) is 13.0 Å². The molecule has 3 nitrogen and oxygen atoms in total. The molecule has 2 aromatic carbocycles. The summed E-state index contributed by atoms with van der Waals surface area (Å²) in [4.78, 5) is 12.0. The molecule has 0 saturated heterocycles. The molecule has 1 N–H and O–H groups in total. The molecule has 2 aromatic rings. The predicted octanol–water partition coefficient (Wildman–Crippen LogP) is 4.22. The lowest BCUT2D eigenvalue weighted by molar-refractivity contribution is -0.111. The zero-order chi connectivity index (χ0) is 16.1. The molecule has 0 spiro atoms. The lowest BCUT2D eigenvalue weighted by atomic mass is 9.92. The highest BCUT2D eigenvalue weighted by atomic mass is 16.5. The van der Waals surface area contributed by atoms with Crippen LogP contribution < -0.4 is 10.1 Å². The zero-order valence-corrected chi connectivity index (χ0v) is 13.1. The fourth-order valence-corrected chi connectivity index (χ4v) is 2.63. The molecule has 0 unspecified atom stereocenters. The summed E-state index contributed by atoms with van der Waals surface area (Å²) < 4.78 is 5.10. The number of amides is 1. The van der Waals surface area contributed by atoms with Crippen molar-refractivity contribution in [1.29, 1.82) is 0 Å². The third-order valence-corrected chi connectivity index (χ3v) is 3.89. The number of methoxy groups -OCH3 is 1. The van der Waals surface area contributed by atoms with E-state index in [1.165, 1.54) is 16.7 Å². The van der Waals surface area contributed by atoms with E-state index in [0.717, 1.165) is 24.3 Å². The van der Waals surface area contributed by atoms with Crippen molar-refractivity contribution in [2.75, 3.05) is 12.4 Å². The van der Waals surface area contributed by atoms with Crippen LogP contribution in [0.25, 0.3) is 6.08 Å². The molecule has 23 heavy (non-hydrogen) atoms. The standard InChI is InChI=1S/C20H19NO2/c1-23-19-11-9-18(10-12-19)21-20(22)13-7-15-6-8-16-4-2-3-5-17(16)14-15/h2-5,7,9-14H,6,8H2,1H3,(H,21,22)/b13-7+. The van der Waals surface area contributed by atoms with Crippen LogP contribution in [0.5, 0.6) is 5.75 Å². The number of aryl methyl sites for hydroxylation is 1. The first-order valence-corrected chi connectivity index (χ1v) is 7.66. The van der Waals surface area contributed by atoms with Gasteiger partial charge >= 0.3 is 0 Å². The molecule has 0 saturated carbocycles. The Balaban J connectivity index is 1.63. The van der Waals surface area contributed by atoms with Crippen molar-refractivity contribution in [3.63, 3.8) is 0 Å². The molecule has 1 amide bonds. The quantitative estimate of drug-likeness (QED) is 0.859. The normalized spacial score (nSPS) is 13.3. The minimum atomic E-state index is -0.130. The number of rotatable bonds is 4. The number of fused-ring (bicyclic) bond motifs is 1. The van der Waals surface area contributed by atoms with Gasteiger partial charge in [0, 0.05) is 11.8 Å². The molecule has 3 rings (SSSR count). The highest BCUT2D eigenvalue weighted by Crippen LogP contribution is 2.24. The van der Waals surface area contributed by atoms with Crippen molar-refractivity contribution >= 4 is 17.7 Å². The number of hydrogen-bond acceptors (Lipinski definition) is 2. The van der Waals surface area contributed by atoms with E-state index in [2.05, 4.69) is 29.6 Å². The van der Waals surface area contributed by atoms with Gasteiger partial charge in [-0.25, -0.2) is 0 Å². The zero-order valence-electron chi connectivity index (χ0n) is 13.1. The average Bonchev–Trinajstić information content (AvgIpc) is 2.60. The van der Waals surface area contributed by atoms with Gasteiger partial charge in [0.2, 0.25) is 5.91 Å². The second kappa shape index (κ2) is 6.97. The number of nitrogens with one attached hydrogen (secondary N) is 1. The van der Waals surface area contributed by atoms with Crippen LogP contribution in [0.15, 0.2) is 66.3 Å². The van der Waals surface area contributed by atoms with Crippen LogP contribution in [0.1, 0.15) is 17.5 Å². The van der Waals surface area contributed by atoms with E-state index < -0.39 is 0 Å². The molecule has 0 bridgehead atoms. The smallest absolute Gasteiger partial charge is 0.248 e. The highest BCUT2D eigenvalue weighted by Gasteiger charge is 2.08. The third-order valence-electron chi connectivity index (χ3n) is 3.89. The van der Waals surface area contributed by atoms with E-state index in [9.17, 15) is 4.79 Å². The van der Waals surface area contributed by atoms with E-state index >= 15 is 0 Å². The van der Waals surface area contributed by atoms with E-state index in [1.807, 2.05) is 36.4 Å². The number of allylic oxidation sites excluding steroid dienone is 2. The van der Waals surface area contributed by atoms with Gasteiger partial charge in [-0.15, -0.1) is 0 Å². The van der Waals surface area contributed by atoms with Gasteiger partial charge in [-0.05, 0) is 53.8 Å². The van der Waals surface area contributed by atoms with Crippen molar-refractivity contribution in [3.05, 3.63) is 77.4 Å². The van der Waals surface area contributed by atoms with Gasteiger partial charge in [-0.3, -0.25) is 4.79 Å². The van der Waals surface area contributed by atoms with E-state index in [-0.39, 0.29) is 5.91 Å². The molecule has 0 aromatic heterocycles. The first-order valence-electron chi connectivity index (χ1n) is 7.66. The number of carbonyl (C=O) groups is 1. The molecular weight excluding hydrogens is 286 g/mol. The van der Waals surface area contributed by atoms with Crippen molar-refractivity contribution in [2.45, 2.75) is 12.8 Å². The monoisotopic (exact) mass is 305 g/mol. The Bertz CT molecular complexity index is 757. The van der Waals surface area contributed by atoms with Crippen LogP contribution in [0.3, 0.4) is 0 Å². The number of carbonyl (C=O) groups excluding carboxylic acids is 1. The summed E-state index contributed by atoms with van der Waals surface area (Å²) in [5, 5.41) is 2.84. The fraction of sp³-hybridized carbons (Fsp3) is 0.150. The second-order valence-electron chi connectivity index (χ2n) is 5.47. The minimum absolute atomic E-state index is 0.130. The van der Waals surface area contributed by atoms with Crippen LogP contribution in [0, 0.1) is 0 Å². The molecule has 0 radical (unpaired) electrons. The highest BCUT2D eigenvalue weighted by molar-refractivity contribution is 5.99. The SMILES string of the molecule is COc1ccc(NC(=O)/C=C/C2=Cc3ccccc3CC2)cc1. The Morgan fingerprint density at radius 1 is 1.09 bits per heavy atom. The van der Waals surface area contributed by atoms with Gasteiger partial charge < -0.3 is 10.1 Å². The summed E-state index contributed by atoms with van der Waals surface area (Å²) >= 11 is 0. The Morgan fingerprint density at radius 3 is 2.65 bits per heavy atom. The molecular formula is C20H19NO2. The minimum Gasteiger partial charge on any atom is -0.497 e. The Kier molecular flexibility index (Phi) is 4.57. The maximum atomic E-state index is 12.0. The van der Waals surface area contributed by atoms with Crippen molar-refractivity contribution in [1.82, 2.24) is 0 Å². The summed E-state index contributed by atoms with van der Waals surface area (Å²) in [5.74, 6) is 0.638. The number of ether oxygens (including phenoxy) is 1. The van der Waals surface area contributed by atoms with Gasteiger partial charge in [0.25, 0.3) is 0 Å². The van der Waals surface area contributed by atoms with Crippen molar-refractivity contribution in [2.24, 2.45) is 0 Å². The third kappa shape index (κ3) is 3.89. The fourth-order valence-electron chi connectivity index (χ4n) is 2.63. The Labute approximate surface area is 136 Å². The predicted molar refractivity (Wildman–Crippen MR) is 93.5 cm³/mol. The first kappa shape index (κ1) is 15.1. The average molecular weight is 305 g/mol. The van der Waals surface area contributed by atoms with Crippen molar-refractivity contribution in [3.8, 4) is 5.75 Å². The summed E-state index contributed by atoms with van der Waals surface area (Å²) in [6.45, 7) is 0. The maximum absolute atomic E-state index is 12.0. The van der Waals surface area contributed by atoms with Crippen LogP contribution in [0.2, 0.25) is 0 Å². The molecule has 3 heteroatoms. The Morgan fingerprint density at radius 2 is 1.87 bits per heavy atom.